The SMILES string of the molecule is O=C(c1cn(Cc2cnoc2)nn1)C(F)(F)F. The minimum absolute atomic E-state index is 0.127. The van der Waals surface area contributed by atoms with Gasteiger partial charge in [0.1, 0.15) is 6.26 Å². The van der Waals surface area contributed by atoms with Crippen LogP contribution < -0.4 is 0 Å². The van der Waals surface area contributed by atoms with E-state index in [9.17, 15) is 18.0 Å². The fourth-order valence-corrected chi connectivity index (χ4v) is 1.12. The van der Waals surface area contributed by atoms with Crippen molar-refractivity contribution in [3.63, 3.8) is 0 Å². The summed E-state index contributed by atoms with van der Waals surface area (Å²) in [6, 6.07) is 0. The molecule has 2 aromatic rings. The highest BCUT2D eigenvalue weighted by atomic mass is 19.4. The number of hydrogen-bond donors (Lipinski definition) is 0. The molecule has 2 aromatic heterocycles. The maximum absolute atomic E-state index is 12.1. The van der Waals surface area contributed by atoms with E-state index in [2.05, 4.69) is 20.0 Å². The Balaban J connectivity index is 2.14. The van der Waals surface area contributed by atoms with Crippen molar-refractivity contribution in [2.45, 2.75) is 12.7 Å². The van der Waals surface area contributed by atoms with Crippen LogP contribution in [-0.2, 0) is 6.54 Å². The molecule has 9 heteroatoms. The van der Waals surface area contributed by atoms with Crippen molar-refractivity contribution in [3.05, 3.63) is 29.9 Å². The first kappa shape index (κ1) is 11.3. The Morgan fingerprint density at radius 1 is 1.47 bits per heavy atom. The van der Waals surface area contributed by atoms with Crippen LogP contribution in [0.5, 0.6) is 0 Å². The number of Topliss-reactive ketones (excluding diaryl/α,β-unsaturated/α-hetero) is 1. The molecule has 0 unspecified atom stereocenters. The number of aromatic nitrogens is 4. The third-order valence-corrected chi connectivity index (χ3v) is 1.86. The average Bonchev–Trinajstić information content (AvgIpc) is 2.87. The molecular weight excluding hydrogens is 241 g/mol. The van der Waals surface area contributed by atoms with Gasteiger partial charge in [-0.1, -0.05) is 10.4 Å². The molecular formula is C8H5F3N4O2. The molecule has 0 aromatic carbocycles. The van der Waals surface area contributed by atoms with Gasteiger partial charge in [0, 0.05) is 5.56 Å². The highest BCUT2D eigenvalue weighted by Crippen LogP contribution is 2.19. The number of alkyl halides is 3. The van der Waals surface area contributed by atoms with Crippen LogP contribution in [0.3, 0.4) is 0 Å². The molecule has 0 saturated heterocycles. The van der Waals surface area contributed by atoms with Gasteiger partial charge in [0.15, 0.2) is 5.69 Å². The quantitative estimate of drug-likeness (QED) is 0.757. The summed E-state index contributed by atoms with van der Waals surface area (Å²) in [6.45, 7) is 0.127. The average molecular weight is 246 g/mol. The number of nitrogens with zero attached hydrogens (tertiary/aromatic N) is 4. The summed E-state index contributed by atoms with van der Waals surface area (Å²) in [5, 5.41) is 9.97. The molecule has 0 fully saturated rings. The summed E-state index contributed by atoms with van der Waals surface area (Å²) < 4.78 is 41.8. The number of rotatable bonds is 3. The van der Waals surface area contributed by atoms with Gasteiger partial charge in [-0.15, -0.1) is 5.10 Å². The highest BCUT2D eigenvalue weighted by Gasteiger charge is 2.41. The molecule has 90 valence electrons. The zero-order valence-electron chi connectivity index (χ0n) is 8.18. The molecule has 0 aliphatic rings. The third kappa shape index (κ3) is 2.49. The lowest BCUT2D eigenvalue weighted by atomic mass is 10.3. The van der Waals surface area contributed by atoms with E-state index >= 15 is 0 Å². The van der Waals surface area contributed by atoms with Crippen molar-refractivity contribution in [2.24, 2.45) is 0 Å². The first-order chi connectivity index (χ1) is 7.97. The minimum atomic E-state index is -4.95. The van der Waals surface area contributed by atoms with E-state index in [0.717, 1.165) is 10.9 Å². The second-order valence-electron chi connectivity index (χ2n) is 3.16. The smallest absolute Gasteiger partial charge is 0.364 e. The summed E-state index contributed by atoms with van der Waals surface area (Å²) in [4.78, 5) is 10.8. The van der Waals surface area contributed by atoms with E-state index in [1.807, 2.05) is 0 Å². The number of carbonyl (C=O) groups is 1. The topological polar surface area (TPSA) is 73.8 Å². The zero-order valence-corrected chi connectivity index (χ0v) is 8.18. The van der Waals surface area contributed by atoms with Crippen molar-refractivity contribution < 1.29 is 22.5 Å². The van der Waals surface area contributed by atoms with Crippen molar-refractivity contribution in [1.82, 2.24) is 20.2 Å². The first-order valence-electron chi connectivity index (χ1n) is 4.37. The van der Waals surface area contributed by atoms with Gasteiger partial charge in [-0.05, 0) is 0 Å². The maximum Gasteiger partial charge on any atom is 0.456 e. The van der Waals surface area contributed by atoms with E-state index in [1.54, 1.807) is 0 Å². The Morgan fingerprint density at radius 2 is 2.24 bits per heavy atom. The molecule has 0 bridgehead atoms. The predicted octanol–water partition coefficient (Wildman–Crippen LogP) is 1.06. The van der Waals surface area contributed by atoms with E-state index in [-0.39, 0.29) is 6.54 Å². The van der Waals surface area contributed by atoms with Crippen LogP contribution in [0, 0.1) is 0 Å². The summed E-state index contributed by atoms with van der Waals surface area (Å²) >= 11 is 0. The summed E-state index contributed by atoms with van der Waals surface area (Å²) in [5.74, 6) is -2.02. The van der Waals surface area contributed by atoms with Crippen LogP contribution in [0.15, 0.2) is 23.2 Å². The Hall–Kier alpha value is -2.19. The van der Waals surface area contributed by atoms with Gasteiger partial charge in [-0.3, -0.25) is 4.79 Å². The lowest BCUT2D eigenvalue weighted by molar-refractivity contribution is -0.0888. The third-order valence-electron chi connectivity index (χ3n) is 1.86. The normalized spacial score (nSPS) is 11.7. The van der Waals surface area contributed by atoms with Crippen molar-refractivity contribution in [1.29, 1.82) is 0 Å². The molecule has 0 N–H and O–H groups in total. The molecule has 0 spiro atoms. The fraction of sp³-hybridized carbons (Fsp3) is 0.250. The Labute approximate surface area is 92.0 Å². The number of halogens is 3. The van der Waals surface area contributed by atoms with Crippen molar-refractivity contribution in [3.8, 4) is 0 Å². The number of hydrogen-bond acceptors (Lipinski definition) is 5. The Morgan fingerprint density at radius 3 is 2.82 bits per heavy atom. The fourth-order valence-electron chi connectivity index (χ4n) is 1.12. The molecule has 2 rings (SSSR count). The van der Waals surface area contributed by atoms with Crippen LogP contribution in [0.1, 0.15) is 16.1 Å². The maximum atomic E-state index is 12.1. The lowest BCUT2D eigenvalue weighted by Crippen LogP contribution is -2.23. The molecule has 0 radical (unpaired) electrons. The van der Waals surface area contributed by atoms with Gasteiger partial charge in [0.05, 0.1) is 18.9 Å². The highest BCUT2D eigenvalue weighted by molar-refractivity contribution is 5.98. The van der Waals surface area contributed by atoms with Gasteiger partial charge in [0.25, 0.3) is 5.78 Å². The van der Waals surface area contributed by atoms with Crippen LogP contribution in [0.4, 0.5) is 13.2 Å². The van der Waals surface area contributed by atoms with Gasteiger partial charge in [-0.2, -0.15) is 13.2 Å². The second kappa shape index (κ2) is 4.00. The molecule has 0 aliphatic heterocycles. The van der Waals surface area contributed by atoms with Gasteiger partial charge in [-0.25, -0.2) is 4.68 Å². The Kier molecular flexibility index (Phi) is 2.66. The van der Waals surface area contributed by atoms with Crippen LogP contribution in [0.25, 0.3) is 0 Å². The van der Waals surface area contributed by atoms with Gasteiger partial charge in [0.2, 0.25) is 0 Å². The molecule has 0 aliphatic carbocycles. The van der Waals surface area contributed by atoms with Crippen LogP contribution >= 0.6 is 0 Å². The molecule has 6 nitrogen and oxygen atoms in total. The number of carbonyl (C=O) groups excluding carboxylic acids is 1. The van der Waals surface area contributed by atoms with Gasteiger partial charge >= 0.3 is 6.18 Å². The molecule has 0 saturated carbocycles. The van der Waals surface area contributed by atoms with Crippen molar-refractivity contribution >= 4 is 5.78 Å². The minimum Gasteiger partial charge on any atom is -0.364 e. The second-order valence-corrected chi connectivity index (χ2v) is 3.16. The van der Waals surface area contributed by atoms with E-state index in [1.165, 1.54) is 12.5 Å². The largest absolute Gasteiger partial charge is 0.456 e. The summed E-state index contributed by atoms with van der Waals surface area (Å²) in [6.07, 6.45) is -1.33. The lowest BCUT2D eigenvalue weighted by Gasteiger charge is -1.99. The molecule has 17 heavy (non-hydrogen) atoms. The van der Waals surface area contributed by atoms with E-state index < -0.39 is 17.7 Å². The molecule has 2 heterocycles. The summed E-state index contributed by atoms with van der Waals surface area (Å²) in [5.41, 5.74) is -0.144. The van der Waals surface area contributed by atoms with Crippen molar-refractivity contribution in [2.75, 3.05) is 0 Å². The predicted molar refractivity (Wildman–Crippen MR) is 46.0 cm³/mol. The number of ketones is 1. The van der Waals surface area contributed by atoms with Crippen LogP contribution in [-0.4, -0.2) is 32.1 Å². The van der Waals surface area contributed by atoms with Crippen LogP contribution in [0.2, 0.25) is 0 Å². The van der Waals surface area contributed by atoms with E-state index in [4.69, 9.17) is 0 Å². The molecule has 0 amide bonds. The van der Waals surface area contributed by atoms with E-state index in [0.29, 0.717) is 5.56 Å². The van der Waals surface area contributed by atoms with Gasteiger partial charge < -0.3 is 4.52 Å². The standard InChI is InChI=1S/C8H5F3N4O2/c9-8(10,11)7(16)6-3-15(14-13-6)2-5-1-12-17-4-5/h1,3-4H,2H2. The first-order valence-corrected chi connectivity index (χ1v) is 4.37. The summed E-state index contributed by atoms with van der Waals surface area (Å²) in [7, 11) is 0. The molecule has 0 atom stereocenters. The monoisotopic (exact) mass is 246 g/mol. The Bertz CT molecular complexity index is 517. The zero-order chi connectivity index (χ0) is 12.5.